The summed E-state index contributed by atoms with van der Waals surface area (Å²) in [6.07, 6.45) is 0. The molecule has 0 amide bonds. The van der Waals surface area contributed by atoms with Gasteiger partial charge in [-0.2, -0.15) is 0 Å². The SMILES string of the molecule is OCCO.[Cl][W]. The maximum atomic E-state index is 7.62. The molecule has 2 N–H and O–H groups in total. The number of aliphatic hydroxyl groups is 2. The minimum absolute atomic E-state index is 0.125. The van der Waals surface area contributed by atoms with Crippen molar-refractivity contribution in [2.75, 3.05) is 13.2 Å². The molecule has 4 heteroatoms. The molecule has 0 aliphatic rings. The Balaban J connectivity index is 0. The molecule has 0 bridgehead atoms. The minimum atomic E-state index is -0.125. The topological polar surface area (TPSA) is 40.5 Å². The molecule has 0 aromatic carbocycles. The van der Waals surface area contributed by atoms with E-state index in [1.807, 2.05) is 0 Å². The standard InChI is InChI=1S/C2H6O2.ClH.W/c3-1-2-4;;/h3-4H,1-2H2;1H;/q;;+1/p-1. The van der Waals surface area contributed by atoms with Crippen molar-refractivity contribution in [3.8, 4) is 0 Å². The number of halogens is 1. The van der Waals surface area contributed by atoms with Gasteiger partial charge in [-0.1, -0.05) is 0 Å². The van der Waals surface area contributed by atoms with Gasteiger partial charge in [0.25, 0.3) is 0 Å². The fourth-order valence-corrected chi connectivity index (χ4v) is 0. The van der Waals surface area contributed by atoms with E-state index in [1.165, 1.54) is 0 Å². The number of hydrogen-bond acceptors (Lipinski definition) is 2. The maximum absolute atomic E-state index is 7.62. The van der Waals surface area contributed by atoms with Crippen LogP contribution in [-0.2, 0) is 18.8 Å². The molecule has 0 aliphatic heterocycles. The van der Waals surface area contributed by atoms with Crippen molar-refractivity contribution in [2.24, 2.45) is 0 Å². The predicted molar refractivity (Wildman–Crippen MR) is 20.0 cm³/mol. The van der Waals surface area contributed by atoms with Crippen LogP contribution in [0.3, 0.4) is 0 Å². The van der Waals surface area contributed by atoms with Crippen LogP contribution < -0.4 is 0 Å². The van der Waals surface area contributed by atoms with Crippen LogP contribution in [0.2, 0.25) is 0 Å². The van der Waals surface area contributed by atoms with E-state index in [9.17, 15) is 0 Å². The first kappa shape index (κ1) is 10.0. The molecule has 39 valence electrons. The van der Waals surface area contributed by atoms with Crippen LogP contribution in [0.1, 0.15) is 0 Å². The van der Waals surface area contributed by atoms with Gasteiger partial charge in [-0.15, -0.1) is 0 Å². The molecule has 6 heavy (non-hydrogen) atoms. The van der Waals surface area contributed by atoms with Crippen molar-refractivity contribution in [1.82, 2.24) is 0 Å². The first-order valence-corrected chi connectivity index (χ1v) is 4.92. The Kier molecular flexibility index (Phi) is 28.1. The Morgan fingerprint density at radius 3 is 1.33 bits per heavy atom. The third-order valence-electron chi connectivity index (χ3n) is 0.1000. The van der Waals surface area contributed by atoms with Gasteiger partial charge in [0.1, 0.15) is 0 Å². The fraction of sp³-hybridized carbons (Fsp3) is 1.00. The molecule has 0 radical (unpaired) electrons. The Hall–Kier alpha value is 0.898. The Bertz CT molecular complexity index is 13.5. The van der Waals surface area contributed by atoms with E-state index in [0.717, 1.165) is 18.8 Å². The molecule has 0 saturated carbocycles. The predicted octanol–water partition coefficient (Wildman–Crippen LogP) is -0.342. The summed E-state index contributed by atoms with van der Waals surface area (Å²) in [5, 5.41) is 15.2. The van der Waals surface area contributed by atoms with E-state index in [0.29, 0.717) is 0 Å². The fourth-order valence-electron chi connectivity index (χ4n) is 0. The molecule has 0 spiro atoms. The van der Waals surface area contributed by atoms with Gasteiger partial charge < -0.3 is 10.2 Å². The summed E-state index contributed by atoms with van der Waals surface area (Å²) in [5.41, 5.74) is 0. The van der Waals surface area contributed by atoms with Crippen molar-refractivity contribution in [1.29, 1.82) is 0 Å². The van der Waals surface area contributed by atoms with E-state index in [-0.39, 0.29) is 13.2 Å². The van der Waals surface area contributed by atoms with E-state index in [4.69, 9.17) is 19.6 Å². The molecular weight excluding hydrogens is 275 g/mol. The third-order valence-corrected chi connectivity index (χ3v) is 0.1000. The second-order valence-electron chi connectivity index (χ2n) is 0.447. The Morgan fingerprint density at radius 1 is 1.17 bits per heavy atom. The van der Waals surface area contributed by atoms with Crippen LogP contribution in [0.25, 0.3) is 0 Å². The number of rotatable bonds is 1. The molecule has 0 atom stereocenters. The molecule has 0 rings (SSSR count). The second kappa shape index (κ2) is 16.8. The molecule has 0 saturated heterocycles. The summed E-state index contributed by atoms with van der Waals surface area (Å²) in [4.78, 5) is 0. The zero-order chi connectivity index (χ0) is 5.41. The molecule has 2 nitrogen and oxygen atoms in total. The van der Waals surface area contributed by atoms with E-state index in [1.54, 1.807) is 0 Å². The van der Waals surface area contributed by atoms with Crippen LogP contribution >= 0.6 is 9.42 Å². The van der Waals surface area contributed by atoms with Gasteiger partial charge in [-0.3, -0.25) is 0 Å². The molecule has 0 heterocycles. The Labute approximate surface area is 52.0 Å². The summed E-state index contributed by atoms with van der Waals surface area (Å²) in [6.45, 7) is -0.250. The van der Waals surface area contributed by atoms with Crippen molar-refractivity contribution < 1.29 is 29.0 Å². The quantitative estimate of drug-likeness (QED) is 0.690. The van der Waals surface area contributed by atoms with Crippen molar-refractivity contribution in [3.63, 3.8) is 0 Å². The van der Waals surface area contributed by atoms with E-state index in [2.05, 4.69) is 0 Å². The van der Waals surface area contributed by atoms with Gasteiger partial charge in [0.2, 0.25) is 0 Å². The van der Waals surface area contributed by atoms with E-state index >= 15 is 0 Å². The van der Waals surface area contributed by atoms with Crippen LogP contribution in [-0.4, -0.2) is 23.4 Å². The number of hydrogen-bond donors (Lipinski definition) is 2. The van der Waals surface area contributed by atoms with Gasteiger partial charge >= 0.3 is 28.2 Å². The first-order valence-electron chi connectivity index (χ1n) is 1.29. The van der Waals surface area contributed by atoms with Gasteiger partial charge in [-0.25, -0.2) is 0 Å². The van der Waals surface area contributed by atoms with Gasteiger partial charge in [-0.05, 0) is 0 Å². The summed E-state index contributed by atoms with van der Waals surface area (Å²) >= 11 is 1.06. The van der Waals surface area contributed by atoms with E-state index < -0.39 is 0 Å². The zero-order valence-electron chi connectivity index (χ0n) is 3.09. The third kappa shape index (κ3) is 20.7. The van der Waals surface area contributed by atoms with Crippen LogP contribution in [0.15, 0.2) is 0 Å². The van der Waals surface area contributed by atoms with Crippen molar-refractivity contribution >= 4 is 9.42 Å². The second-order valence-corrected chi connectivity index (χ2v) is 0.447. The van der Waals surface area contributed by atoms with Gasteiger partial charge in [0.05, 0.1) is 13.2 Å². The van der Waals surface area contributed by atoms with Gasteiger partial charge in [0, 0.05) is 0 Å². The molecule has 0 unspecified atom stereocenters. The average molecular weight is 281 g/mol. The monoisotopic (exact) mass is 281 g/mol. The summed E-state index contributed by atoms with van der Waals surface area (Å²) in [7, 11) is 4.72. The molecule has 0 aromatic rings. The summed E-state index contributed by atoms with van der Waals surface area (Å²) < 4.78 is 0. The summed E-state index contributed by atoms with van der Waals surface area (Å²) in [6, 6.07) is 0. The molecule has 0 fully saturated rings. The summed E-state index contributed by atoms with van der Waals surface area (Å²) in [5.74, 6) is 0. The Morgan fingerprint density at radius 2 is 1.33 bits per heavy atom. The van der Waals surface area contributed by atoms with Crippen molar-refractivity contribution in [2.45, 2.75) is 0 Å². The molecule has 0 aliphatic carbocycles. The first-order chi connectivity index (χ1) is 2.91. The van der Waals surface area contributed by atoms with Crippen LogP contribution in [0.5, 0.6) is 0 Å². The normalized spacial score (nSPS) is 5.83. The number of aliphatic hydroxyl groups excluding tert-OH is 2. The molecule has 0 aromatic heterocycles. The average Bonchev–Trinajstić information content (AvgIpc) is 1.72. The van der Waals surface area contributed by atoms with Crippen molar-refractivity contribution in [3.05, 3.63) is 0 Å². The zero-order valence-corrected chi connectivity index (χ0v) is 6.78. The molecular formula is C2H6ClO2W. The van der Waals surface area contributed by atoms with Crippen LogP contribution in [0, 0.1) is 0 Å². The van der Waals surface area contributed by atoms with Gasteiger partial charge in [0.15, 0.2) is 0 Å². The van der Waals surface area contributed by atoms with Crippen LogP contribution in [0.4, 0.5) is 0 Å².